The maximum Gasteiger partial charge on any atom is 0.408 e. The van der Waals surface area contributed by atoms with E-state index >= 15 is 0 Å². The molecule has 2 aliphatic rings. The summed E-state index contributed by atoms with van der Waals surface area (Å²) in [4.78, 5) is 12.3. The molecule has 1 fully saturated rings. The zero-order chi connectivity index (χ0) is 17.4. The fourth-order valence-electron chi connectivity index (χ4n) is 3.41. The number of carbonyl (C=O) groups is 1. The predicted octanol–water partition coefficient (Wildman–Crippen LogP) is 3.92. The van der Waals surface area contributed by atoms with Crippen LogP contribution in [0.25, 0.3) is 0 Å². The van der Waals surface area contributed by atoms with Gasteiger partial charge in [0, 0.05) is 16.5 Å². The van der Waals surface area contributed by atoms with E-state index in [0.29, 0.717) is 0 Å². The van der Waals surface area contributed by atoms with Crippen LogP contribution in [-0.2, 0) is 4.74 Å². The monoisotopic (exact) mass is 396 g/mol. The van der Waals surface area contributed by atoms with E-state index in [1.54, 1.807) is 0 Å². The predicted molar refractivity (Wildman–Crippen MR) is 96.3 cm³/mol. The standard InChI is InChI=1S/C18H25BrN2O3/c1-17(2,3)24-16(22)21-14-11-18(6-8-20-9-7-18)23-15-10-12(19)4-5-13(14)15/h4-5,10,14,20H,6-9,11H2,1-3H3,(H,21,22). The minimum atomic E-state index is -0.510. The SMILES string of the molecule is CC(C)(C)OC(=O)NC1CC2(CCNCC2)Oc2cc(Br)ccc21. The smallest absolute Gasteiger partial charge is 0.408 e. The highest BCUT2D eigenvalue weighted by molar-refractivity contribution is 9.10. The lowest BCUT2D eigenvalue weighted by Crippen LogP contribution is -2.51. The third kappa shape index (κ3) is 4.03. The number of alkyl carbamates (subject to hydrolysis) is 1. The molecule has 1 spiro atoms. The number of piperidine rings is 1. The first-order valence-electron chi connectivity index (χ1n) is 8.45. The van der Waals surface area contributed by atoms with Crippen molar-refractivity contribution in [2.24, 2.45) is 0 Å². The summed E-state index contributed by atoms with van der Waals surface area (Å²) >= 11 is 3.51. The van der Waals surface area contributed by atoms with Crippen molar-refractivity contribution in [1.29, 1.82) is 0 Å². The second-order valence-corrected chi connectivity index (χ2v) is 8.54. The normalized spacial score (nSPS) is 22.4. The summed E-state index contributed by atoms with van der Waals surface area (Å²) in [6.45, 7) is 7.48. The van der Waals surface area contributed by atoms with Gasteiger partial charge in [-0.2, -0.15) is 0 Å². The summed E-state index contributed by atoms with van der Waals surface area (Å²) in [7, 11) is 0. The molecule has 132 valence electrons. The molecule has 24 heavy (non-hydrogen) atoms. The quantitative estimate of drug-likeness (QED) is 0.754. The number of nitrogens with one attached hydrogen (secondary N) is 2. The van der Waals surface area contributed by atoms with Crippen LogP contribution in [0.15, 0.2) is 22.7 Å². The van der Waals surface area contributed by atoms with Gasteiger partial charge in [-0.3, -0.25) is 0 Å². The Labute approximate surface area is 151 Å². The Hall–Kier alpha value is -1.27. The van der Waals surface area contributed by atoms with Crippen molar-refractivity contribution >= 4 is 22.0 Å². The van der Waals surface area contributed by atoms with Crippen LogP contribution in [0.2, 0.25) is 0 Å². The fraction of sp³-hybridized carbons (Fsp3) is 0.611. The Morgan fingerprint density at radius 1 is 1.38 bits per heavy atom. The minimum absolute atomic E-state index is 0.102. The van der Waals surface area contributed by atoms with Crippen molar-refractivity contribution in [3.05, 3.63) is 28.2 Å². The highest BCUT2D eigenvalue weighted by Gasteiger charge is 2.42. The van der Waals surface area contributed by atoms with Gasteiger partial charge in [-0.1, -0.05) is 22.0 Å². The zero-order valence-electron chi connectivity index (χ0n) is 14.4. The van der Waals surface area contributed by atoms with Crippen LogP contribution in [0.5, 0.6) is 5.75 Å². The van der Waals surface area contributed by atoms with Gasteiger partial charge in [0.2, 0.25) is 0 Å². The van der Waals surface area contributed by atoms with Crippen molar-refractivity contribution in [3.63, 3.8) is 0 Å². The first-order valence-corrected chi connectivity index (χ1v) is 9.24. The molecular weight excluding hydrogens is 372 g/mol. The molecule has 0 saturated carbocycles. The number of hydrogen-bond acceptors (Lipinski definition) is 4. The van der Waals surface area contributed by atoms with Gasteiger partial charge in [0.05, 0.1) is 6.04 Å². The molecule has 1 atom stereocenters. The van der Waals surface area contributed by atoms with Gasteiger partial charge in [0.15, 0.2) is 0 Å². The van der Waals surface area contributed by atoms with Crippen molar-refractivity contribution < 1.29 is 14.3 Å². The third-order valence-electron chi connectivity index (χ3n) is 4.46. The van der Waals surface area contributed by atoms with Gasteiger partial charge >= 0.3 is 6.09 Å². The van der Waals surface area contributed by atoms with Crippen LogP contribution in [0.3, 0.4) is 0 Å². The molecule has 6 heteroatoms. The second-order valence-electron chi connectivity index (χ2n) is 7.62. The molecule has 1 aromatic carbocycles. The van der Waals surface area contributed by atoms with Gasteiger partial charge in [0.1, 0.15) is 17.0 Å². The number of carbonyl (C=O) groups excluding carboxylic acids is 1. The molecule has 0 bridgehead atoms. The molecule has 0 radical (unpaired) electrons. The van der Waals surface area contributed by atoms with Gasteiger partial charge in [-0.15, -0.1) is 0 Å². The zero-order valence-corrected chi connectivity index (χ0v) is 16.0. The molecule has 1 saturated heterocycles. The Bertz CT molecular complexity index is 621. The van der Waals surface area contributed by atoms with Crippen LogP contribution >= 0.6 is 15.9 Å². The van der Waals surface area contributed by atoms with E-state index in [1.807, 2.05) is 39.0 Å². The first kappa shape index (κ1) is 17.5. The fourth-order valence-corrected chi connectivity index (χ4v) is 3.75. The first-order chi connectivity index (χ1) is 11.3. The Morgan fingerprint density at radius 3 is 2.75 bits per heavy atom. The number of benzene rings is 1. The van der Waals surface area contributed by atoms with Gasteiger partial charge in [-0.05, 0) is 58.8 Å². The molecule has 0 aromatic heterocycles. The van der Waals surface area contributed by atoms with Crippen LogP contribution in [0.1, 0.15) is 51.6 Å². The molecule has 2 heterocycles. The van der Waals surface area contributed by atoms with Gasteiger partial charge in [-0.25, -0.2) is 4.79 Å². The average molecular weight is 397 g/mol. The highest BCUT2D eigenvalue weighted by Crippen LogP contribution is 2.44. The highest BCUT2D eigenvalue weighted by atomic mass is 79.9. The van der Waals surface area contributed by atoms with E-state index < -0.39 is 5.60 Å². The lowest BCUT2D eigenvalue weighted by atomic mass is 9.81. The number of rotatable bonds is 1. The maximum absolute atomic E-state index is 12.3. The number of ether oxygens (including phenoxy) is 2. The van der Waals surface area contributed by atoms with Crippen molar-refractivity contribution in [2.45, 2.75) is 57.3 Å². The molecular formula is C18H25BrN2O3. The molecule has 1 aromatic rings. The van der Waals surface area contributed by atoms with Crippen molar-refractivity contribution in [1.82, 2.24) is 10.6 Å². The Kier molecular flexibility index (Phi) is 4.80. The summed E-state index contributed by atoms with van der Waals surface area (Å²) in [5.41, 5.74) is 0.274. The number of fused-ring (bicyclic) bond motifs is 1. The molecule has 2 N–H and O–H groups in total. The largest absolute Gasteiger partial charge is 0.487 e. The van der Waals surface area contributed by atoms with Crippen LogP contribution in [0, 0.1) is 0 Å². The lowest BCUT2D eigenvalue weighted by molar-refractivity contribution is -0.000442. The molecule has 0 aliphatic carbocycles. The molecule has 1 unspecified atom stereocenters. The molecule has 1 amide bonds. The summed E-state index contributed by atoms with van der Waals surface area (Å²) < 4.78 is 12.8. The summed E-state index contributed by atoms with van der Waals surface area (Å²) in [5.74, 6) is 0.846. The van der Waals surface area contributed by atoms with Crippen LogP contribution in [0.4, 0.5) is 4.79 Å². The summed E-state index contributed by atoms with van der Waals surface area (Å²) in [5, 5.41) is 6.42. The maximum atomic E-state index is 12.3. The topological polar surface area (TPSA) is 59.6 Å². The Morgan fingerprint density at radius 2 is 2.08 bits per heavy atom. The van der Waals surface area contributed by atoms with E-state index in [1.165, 1.54) is 0 Å². The molecule has 2 aliphatic heterocycles. The van der Waals surface area contributed by atoms with E-state index in [2.05, 4.69) is 26.6 Å². The van der Waals surface area contributed by atoms with Crippen LogP contribution in [-0.4, -0.2) is 30.4 Å². The average Bonchev–Trinajstić information content (AvgIpc) is 2.45. The number of amides is 1. The minimum Gasteiger partial charge on any atom is -0.487 e. The van der Waals surface area contributed by atoms with Crippen molar-refractivity contribution in [3.8, 4) is 5.75 Å². The van der Waals surface area contributed by atoms with E-state index in [4.69, 9.17) is 9.47 Å². The second kappa shape index (κ2) is 6.56. The summed E-state index contributed by atoms with van der Waals surface area (Å²) in [6.07, 6.45) is 2.26. The third-order valence-corrected chi connectivity index (χ3v) is 4.95. The van der Waals surface area contributed by atoms with Gasteiger partial charge < -0.3 is 20.1 Å². The number of hydrogen-bond donors (Lipinski definition) is 2. The molecule has 3 rings (SSSR count). The lowest BCUT2D eigenvalue weighted by Gasteiger charge is -2.44. The Balaban J connectivity index is 1.85. The van der Waals surface area contributed by atoms with Crippen molar-refractivity contribution in [2.75, 3.05) is 13.1 Å². The van der Waals surface area contributed by atoms with Crippen LogP contribution < -0.4 is 15.4 Å². The van der Waals surface area contributed by atoms with Gasteiger partial charge in [0.25, 0.3) is 0 Å². The van der Waals surface area contributed by atoms with E-state index in [-0.39, 0.29) is 17.7 Å². The molecule has 5 nitrogen and oxygen atoms in total. The summed E-state index contributed by atoms with van der Waals surface area (Å²) in [6, 6.07) is 5.87. The number of halogens is 1. The van der Waals surface area contributed by atoms with E-state index in [9.17, 15) is 4.79 Å². The van der Waals surface area contributed by atoms with E-state index in [0.717, 1.165) is 48.1 Å².